The molecule has 7 heteroatoms. The van der Waals surface area contributed by atoms with Crippen LogP contribution in [0.5, 0.6) is 0 Å². The minimum Gasteiger partial charge on any atom is -0.459 e. The predicted molar refractivity (Wildman–Crippen MR) is 97.0 cm³/mol. The number of nitrogens with one attached hydrogen (secondary N) is 1. The number of carbonyl (C=O) groups is 2. The molecule has 0 aromatic carbocycles. The lowest BCUT2D eigenvalue weighted by molar-refractivity contribution is 0.0289. The Balaban J connectivity index is 1.41. The summed E-state index contributed by atoms with van der Waals surface area (Å²) in [6, 6.07) is 4.10. The average molecular weight is 363 g/mol. The van der Waals surface area contributed by atoms with E-state index in [1.165, 1.54) is 6.26 Å². The van der Waals surface area contributed by atoms with Crippen molar-refractivity contribution in [1.29, 1.82) is 0 Å². The van der Waals surface area contributed by atoms with Gasteiger partial charge in [0.1, 0.15) is 5.60 Å². The summed E-state index contributed by atoms with van der Waals surface area (Å²) in [5.41, 5.74) is -0.462. The van der Waals surface area contributed by atoms with E-state index in [0.717, 1.165) is 38.9 Å². The first kappa shape index (κ1) is 18.8. The Labute approximate surface area is 154 Å². The van der Waals surface area contributed by atoms with Crippen molar-refractivity contribution in [3.05, 3.63) is 24.2 Å². The first-order valence-electron chi connectivity index (χ1n) is 9.38. The zero-order valence-corrected chi connectivity index (χ0v) is 15.9. The molecule has 0 spiro atoms. The molecular formula is C19H29N3O4. The van der Waals surface area contributed by atoms with Gasteiger partial charge in [0.25, 0.3) is 5.91 Å². The Bertz CT molecular complexity index is 615. The van der Waals surface area contributed by atoms with Crippen LogP contribution in [-0.4, -0.2) is 65.7 Å². The van der Waals surface area contributed by atoms with Crippen molar-refractivity contribution < 1.29 is 18.7 Å². The van der Waals surface area contributed by atoms with Crippen LogP contribution in [0, 0.1) is 0 Å². The minimum absolute atomic E-state index is 0.0367. The molecule has 1 aromatic rings. The third-order valence-electron chi connectivity index (χ3n) is 4.83. The molecule has 0 aliphatic carbocycles. The molecular weight excluding hydrogens is 334 g/mol. The molecule has 3 rings (SSSR count). The van der Waals surface area contributed by atoms with Crippen LogP contribution < -0.4 is 5.32 Å². The SMILES string of the molecule is CC(C)(C)OC(=O)N1CC[C@H](NC2CCN(C(=O)c3ccco3)CC2)C1. The summed E-state index contributed by atoms with van der Waals surface area (Å²) in [6.07, 6.45) is 4.05. The smallest absolute Gasteiger partial charge is 0.410 e. The van der Waals surface area contributed by atoms with Gasteiger partial charge >= 0.3 is 6.09 Å². The molecule has 0 saturated carbocycles. The van der Waals surface area contributed by atoms with Gasteiger partial charge in [0, 0.05) is 38.3 Å². The maximum atomic E-state index is 12.3. The Morgan fingerprint density at radius 3 is 2.38 bits per heavy atom. The Morgan fingerprint density at radius 1 is 1.12 bits per heavy atom. The summed E-state index contributed by atoms with van der Waals surface area (Å²) in [6.45, 7) is 8.50. The van der Waals surface area contributed by atoms with Gasteiger partial charge in [0.15, 0.2) is 5.76 Å². The van der Waals surface area contributed by atoms with Crippen LogP contribution in [0.15, 0.2) is 22.8 Å². The average Bonchev–Trinajstić information content (AvgIpc) is 3.25. The largest absolute Gasteiger partial charge is 0.459 e. The third kappa shape index (κ3) is 4.78. The van der Waals surface area contributed by atoms with E-state index in [1.807, 2.05) is 25.7 Å². The zero-order valence-electron chi connectivity index (χ0n) is 15.9. The number of nitrogens with zero attached hydrogens (tertiary/aromatic N) is 2. The van der Waals surface area contributed by atoms with Crippen LogP contribution in [0.1, 0.15) is 50.6 Å². The van der Waals surface area contributed by atoms with Crippen molar-refractivity contribution >= 4 is 12.0 Å². The summed E-state index contributed by atoms with van der Waals surface area (Å²) in [5.74, 6) is 0.366. The first-order chi connectivity index (χ1) is 12.3. The lowest BCUT2D eigenvalue weighted by atomic mass is 10.0. The number of rotatable bonds is 3. The van der Waals surface area contributed by atoms with Crippen molar-refractivity contribution in [1.82, 2.24) is 15.1 Å². The van der Waals surface area contributed by atoms with Gasteiger partial charge in [-0.2, -0.15) is 0 Å². The Morgan fingerprint density at radius 2 is 1.77 bits per heavy atom. The molecule has 0 unspecified atom stereocenters. The third-order valence-corrected chi connectivity index (χ3v) is 4.83. The molecule has 144 valence electrons. The van der Waals surface area contributed by atoms with Crippen LogP contribution >= 0.6 is 0 Å². The number of amides is 2. The van der Waals surface area contributed by atoms with E-state index < -0.39 is 5.60 Å². The highest BCUT2D eigenvalue weighted by Crippen LogP contribution is 2.19. The zero-order chi connectivity index (χ0) is 18.7. The first-order valence-corrected chi connectivity index (χ1v) is 9.38. The summed E-state index contributed by atoms with van der Waals surface area (Å²) in [5, 5.41) is 3.65. The van der Waals surface area contributed by atoms with Crippen molar-refractivity contribution in [3.63, 3.8) is 0 Å². The van der Waals surface area contributed by atoms with Crippen molar-refractivity contribution in [3.8, 4) is 0 Å². The minimum atomic E-state index is -0.462. The highest BCUT2D eigenvalue weighted by molar-refractivity contribution is 5.91. The fourth-order valence-electron chi connectivity index (χ4n) is 3.53. The molecule has 1 aromatic heterocycles. The number of likely N-dealkylation sites (tertiary alicyclic amines) is 2. The van der Waals surface area contributed by atoms with Gasteiger partial charge in [0.05, 0.1) is 6.26 Å². The van der Waals surface area contributed by atoms with Gasteiger partial charge in [-0.25, -0.2) is 4.79 Å². The van der Waals surface area contributed by atoms with Crippen LogP contribution in [-0.2, 0) is 4.74 Å². The lowest BCUT2D eigenvalue weighted by Crippen LogP contribution is -2.48. The molecule has 0 bridgehead atoms. The van der Waals surface area contributed by atoms with E-state index in [1.54, 1.807) is 17.0 Å². The molecule has 1 atom stereocenters. The molecule has 2 fully saturated rings. The van der Waals surface area contributed by atoms with E-state index in [4.69, 9.17) is 9.15 Å². The van der Waals surface area contributed by atoms with Gasteiger partial charge < -0.3 is 24.3 Å². The fraction of sp³-hybridized carbons (Fsp3) is 0.684. The van der Waals surface area contributed by atoms with Crippen molar-refractivity contribution in [2.75, 3.05) is 26.2 Å². The summed E-state index contributed by atoms with van der Waals surface area (Å²) < 4.78 is 10.6. The monoisotopic (exact) mass is 363 g/mol. The van der Waals surface area contributed by atoms with E-state index in [-0.39, 0.29) is 12.0 Å². The maximum Gasteiger partial charge on any atom is 0.410 e. The van der Waals surface area contributed by atoms with Crippen molar-refractivity contribution in [2.45, 2.75) is 57.7 Å². The fourth-order valence-corrected chi connectivity index (χ4v) is 3.53. The van der Waals surface area contributed by atoms with Gasteiger partial charge in [0.2, 0.25) is 0 Å². The molecule has 2 saturated heterocycles. The van der Waals surface area contributed by atoms with Gasteiger partial charge in [-0.3, -0.25) is 4.79 Å². The molecule has 2 amide bonds. The maximum absolute atomic E-state index is 12.3. The lowest BCUT2D eigenvalue weighted by Gasteiger charge is -2.33. The highest BCUT2D eigenvalue weighted by Gasteiger charge is 2.32. The summed E-state index contributed by atoms with van der Waals surface area (Å²) >= 11 is 0. The normalized spacial score (nSPS) is 21.9. The molecule has 26 heavy (non-hydrogen) atoms. The molecule has 1 N–H and O–H groups in total. The molecule has 3 heterocycles. The number of furan rings is 1. The second-order valence-corrected chi connectivity index (χ2v) is 8.12. The molecule has 2 aliphatic rings. The molecule has 2 aliphatic heterocycles. The number of carbonyl (C=O) groups excluding carboxylic acids is 2. The number of hydrogen-bond donors (Lipinski definition) is 1. The van der Waals surface area contributed by atoms with Gasteiger partial charge in [-0.05, 0) is 52.2 Å². The summed E-state index contributed by atoms with van der Waals surface area (Å²) in [4.78, 5) is 28.1. The molecule has 7 nitrogen and oxygen atoms in total. The Kier molecular flexibility index (Phi) is 5.55. The van der Waals surface area contributed by atoms with Crippen LogP contribution in [0.2, 0.25) is 0 Å². The number of ether oxygens (including phenoxy) is 1. The highest BCUT2D eigenvalue weighted by atomic mass is 16.6. The van der Waals surface area contributed by atoms with Crippen LogP contribution in [0.25, 0.3) is 0 Å². The second kappa shape index (κ2) is 7.70. The van der Waals surface area contributed by atoms with Gasteiger partial charge in [-0.1, -0.05) is 0 Å². The van der Waals surface area contributed by atoms with Gasteiger partial charge in [-0.15, -0.1) is 0 Å². The summed E-state index contributed by atoms with van der Waals surface area (Å²) in [7, 11) is 0. The standard InChI is InChI=1S/C19H29N3O4/c1-19(2,3)26-18(24)22-11-8-15(13-22)20-14-6-9-21(10-7-14)17(23)16-5-4-12-25-16/h4-5,12,14-15,20H,6-11,13H2,1-3H3/t15-/m0/s1. The van der Waals surface area contributed by atoms with E-state index in [2.05, 4.69) is 5.32 Å². The van der Waals surface area contributed by atoms with E-state index in [9.17, 15) is 9.59 Å². The van der Waals surface area contributed by atoms with E-state index >= 15 is 0 Å². The number of hydrogen-bond acceptors (Lipinski definition) is 5. The quantitative estimate of drug-likeness (QED) is 0.893. The second-order valence-electron chi connectivity index (χ2n) is 8.12. The molecule has 0 radical (unpaired) electrons. The van der Waals surface area contributed by atoms with Crippen molar-refractivity contribution in [2.24, 2.45) is 0 Å². The Hall–Kier alpha value is -2.02. The topological polar surface area (TPSA) is 75.0 Å². The number of piperidine rings is 1. The van der Waals surface area contributed by atoms with Crippen LogP contribution in [0.4, 0.5) is 4.79 Å². The predicted octanol–water partition coefficient (Wildman–Crippen LogP) is 2.48. The van der Waals surface area contributed by atoms with Crippen LogP contribution in [0.3, 0.4) is 0 Å². The van der Waals surface area contributed by atoms with E-state index in [0.29, 0.717) is 24.4 Å².